The van der Waals surface area contributed by atoms with Crippen molar-refractivity contribution in [2.45, 2.75) is 13.0 Å². The smallest absolute Gasteiger partial charge is 0.341 e. The van der Waals surface area contributed by atoms with E-state index >= 15 is 0 Å². The Hall–Kier alpha value is -2.24. The van der Waals surface area contributed by atoms with E-state index in [2.05, 4.69) is 10.6 Å². The van der Waals surface area contributed by atoms with Crippen molar-refractivity contribution in [3.05, 3.63) is 58.1 Å². The zero-order valence-electron chi connectivity index (χ0n) is 13.1. The molecule has 0 spiro atoms. The van der Waals surface area contributed by atoms with Crippen LogP contribution in [0, 0.1) is 0 Å². The molecule has 0 unspecified atom stereocenters. The third-order valence-electron chi connectivity index (χ3n) is 3.20. The number of benzene rings is 2. The van der Waals surface area contributed by atoms with E-state index < -0.39 is 18.0 Å². The normalized spacial score (nSPS) is 11.5. The summed E-state index contributed by atoms with van der Waals surface area (Å²) in [4.78, 5) is 24.4. The Morgan fingerprint density at radius 3 is 2.33 bits per heavy atom. The monoisotopic (exact) mass is 366 g/mol. The standard InChI is InChI=1S/C17H16Cl2N2O3/c1-10(16(22)21-13-8-11(18)7-12(19)9-13)24-17(23)14-5-3-4-6-15(14)20-2/h3-10,20H,1-2H3,(H,21,22)/t10-/m0/s1. The molecular formula is C17H16Cl2N2O3. The van der Waals surface area contributed by atoms with E-state index in [1.54, 1.807) is 49.5 Å². The van der Waals surface area contributed by atoms with Crippen molar-refractivity contribution in [3.8, 4) is 0 Å². The Balaban J connectivity index is 2.04. The maximum atomic E-state index is 12.2. The lowest BCUT2D eigenvalue weighted by atomic mass is 10.2. The number of nitrogens with one attached hydrogen (secondary N) is 2. The Morgan fingerprint density at radius 1 is 1.08 bits per heavy atom. The largest absolute Gasteiger partial charge is 0.449 e. The van der Waals surface area contributed by atoms with Crippen LogP contribution >= 0.6 is 23.2 Å². The number of carbonyl (C=O) groups is 2. The van der Waals surface area contributed by atoms with E-state index in [-0.39, 0.29) is 0 Å². The van der Waals surface area contributed by atoms with Gasteiger partial charge in [-0.25, -0.2) is 4.79 Å². The number of para-hydroxylation sites is 1. The summed E-state index contributed by atoms with van der Waals surface area (Å²) in [7, 11) is 1.70. The van der Waals surface area contributed by atoms with Gasteiger partial charge in [0.2, 0.25) is 0 Å². The number of hydrogen-bond donors (Lipinski definition) is 2. The van der Waals surface area contributed by atoms with Crippen molar-refractivity contribution < 1.29 is 14.3 Å². The summed E-state index contributed by atoms with van der Waals surface area (Å²) in [5.41, 5.74) is 1.40. The van der Waals surface area contributed by atoms with Crippen LogP contribution in [-0.4, -0.2) is 25.0 Å². The van der Waals surface area contributed by atoms with E-state index in [9.17, 15) is 9.59 Å². The Bertz CT molecular complexity index is 745. The second-order valence-electron chi connectivity index (χ2n) is 4.99. The van der Waals surface area contributed by atoms with Crippen molar-refractivity contribution >= 4 is 46.5 Å². The zero-order valence-corrected chi connectivity index (χ0v) is 14.6. The summed E-state index contributed by atoms with van der Waals surface area (Å²) in [6.07, 6.45) is -0.986. The summed E-state index contributed by atoms with van der Waals surface area (Å²) >= 11 is 11.8. The van der Waals surface area contributed by atoms with Crippen LogP contribution in [0.5, 0.6) is 0 Å². The highest BCUT2D eigenvalue weighted by Crippen LogP contribution is 2.23. The van der Waals surface area contributed by atoms with E-state index in [0.717, 1.165) is 0 Å². The Kier molecular flexibility index (Phi) is 6.06. The summed E-state index contributed by atoms with van der Waals surface area (Å²) in [5.74, 6) is -1.07. The lowest BCUT2D eigenvalue weighted by Gasteiger charge is -2.15. The SMILES string of the molecule is CNc1ccccc1C(=O)O[C@@H](C)C(=O)Nc1cc(Cl)cc(Cl)c1. The number of hydrogen-bond acceptors (Lipinski definition) is 4. The number of amides is 1. The van der Waals surface area contributed by atoms with Crippen molar-refractivity contribution in [1.82, 2.24) is 0 Å². The van der Waals surface area contributed by atoms with Gasteiger partial charge in [-0.3, -0.25) is 4.79 Å². The molecule has 0 heterocycles. The molecule has 1 atom stereocenters. The maximum absolute atomic E-state index is 12.2. The van der Waals surface area contributed by atoms with Crippen LogP contribution in [0.4, 0.5) is 11.4 Å². The number of carbonyl (C=O) groups excluding carboxylic acids is 2. The molecule has 7 heteroatoms. The Morgan fingerprint density at radius 2 is 1.71 bits per heavy atom. The third-order valence-corrected chi connectivity index (χ3v) is 3.64. The molecule has 5 nitrogen and oxygen atoms in total. The number of anilines is 2. The second kappa shape index (κ2) is 8.04. The van der Waals surface area contributed by atoms with E-state index in [1.807, 2.05) is 0 Å². The van der Waals surface area contributed by atoms with Crippen LogP contribution in [-0.2, 0) is 9.53 Å². The average Bonchev–Trinajstić information content (AvgIpc) is 2.53. The summed E-state index contributed by atoms with van der Waals surface area (Å²) in [6.45, 7) is 1.49. The van der Waals surface area contributed by atoms with Gasteiger partial charge in [0.05, 0.1) is 5.56 Å². The van der Waals surface area contributed by atoms with Gasteiger partial charge < -0.3 is 15.4 Å². The highest BCUT2D eigenvalue weighted by Gasteiger charge is 2.20. The minimum absolute atomic E-state index is 0.352. The average molecular weight is 367 g/mol. The predicted molar refractivity (Wildman–Crippen MR) is 96.0 cm³/mol. The topological polar surface area (TPSA) is 67.4 Å². The fraction of sp³-hybridized carbons (Fsp3) is 0.176. The highest BCUT2D eigenvalue weighted by molar-refractivity contribution is 6.35. The van der Waals surface area contributed by atoms with Crippen LogP contribution in [0.15, 0.2) is 42.5 Å². The summed E-state index contributed by atoms with van der Waals surface area (Å²) in [6, 6.07) is 11.5. The van der Waals surface area contributed by atoms with Crippen LogP contribution in [0.2, 0.25) is 10.0 Å². The van der Waals surface area contributed by atoms with Crippen molar-refractivity contribution in [1.29, 1.82) is 0 Å². The number of halogens is 2. The molecule has 0 saturated carbocycles. The maximum Gasteiger partial charge on any atom is 0.341 e. The molecule has 0 fully saturated rings. The van der Waals surface area contributed by atoms with Gasteiger partial charge in [0.25, 0.3) is 5.91 Å². The van der Waals surface area contributed by atoms with E-state index in [4.69, 9.17) is 27.9 Å². The van der Waals surface area contributed by atoms with Gasteiger partial charge in [0, 0.05) is 28.5 Å². The second-order valence-corrected chi connectivity index (χ2v) is 5.86. The minimum Gasteiger partial charge on any atom is -0.449 e. The molecule has 2 aromatic carbocycles. The third kappa shape index (κ3) is 4.63. The minimum atomic E-state index is -0.986. The molecule has 0 radical (unpaired) electrons. The van der Waals surface area contributed by atoms with Crippen LogP contribution < -0.4 is 10.6 Å². The number of esters is 1. The van der Waals surface area contributed by atoms with Gasteiger partial charge in [-0.05, 0) is 37.3 Å². The van der Waals surface area contributed by atoms with E-state index in [1.165, 1.54) is 6.92 Å². The zero-order chi connectivity index (χ0) is 17.7. The summed E-state index contributed by atoms with van der Waals surface area (Å²) < 4.78 is 5.22. The molecule has 0 bridgehead atoms. The van der Waals surface area contributed by atoms with Crippen molar-refractivity contribution in [3.63, 3.8) is 0 Å². The molecule has 0 aliphatic carbocycles. The van der Waals surface area contributed by atoms with Crippen molar-refractivity contribution in [2.75, 3.05) is 17.7 Å². The fourth-order valence-electron chi connectivity index (χ4n) is 2.03. The first-order valence-corrected chi connectivity index (χ1v) is 7.91. The molecule has 0 aliphatic rings. The lowest BCUT2D eigenvalue weighted by Crippen LogP contribution is -2.30. The predicted octanol–water partition coefficient (Wildman–Crippen LogP) is 4.22. The van der Waals surface area contributed by atoms with Gasteiger partial charge in [-0.2, -0.15) is 0 Å². The summed E-state index contributed by atoms with van der Waals surface area (Å²) in [5, 5.41) is 6.30. The highest BCUT2D eigenvalue weighted by atomic mass is 35.5. The van der Waals surface area contributed by atoms with Crippen molar-refractivity contribution in [2.24, 2.45) is 0 Å². The first-order chi connectivity index (χ1) is 11.4. The molecule has 0 aromatic heterocycles. The molecule has 24 heavy (non-hydrogen) atoms. The molecule has 0 aliphatic heterocycles. The van der Waals surface area contributed by atoms with Gasteiger partial charge in [0.1, 0.15) is 0 Å². The fourth-order valence-corrected chi connectivity index (χ4v) is 2.55. The lowest BCUT2D eigenvalue weighted by molar-refractivity contribution is -0.123. The molecule has 2 rings (SSSR count). The first kappa shape index (κ1) is 18.1. The number of ether oxygens (including phenoxy) is 1. The van der Waals surface area contributed by atoms with Crippen LogP contribution in [0.1, 0.15) is 17.3 Å². The molecule has 0 saturated heterocycles. The molecule has 2 N–H and O–H groups in total. The quantitative estimate of drug-likeness (QED) is 0.777. The van der Waals surface area contributed by atoms with Gasteiger partial charge in [-0.1, -0.05) is 35.3 Å². The number of rotatable bonds is 5. The molecular weight excluding hydrogens is 351 g/mol. The molecule has 2 aromatic rings. The molecule has 1 amide bonds. The first-order valence-electron chi connectivity index (χ1n) is 7.15. The van der Waals surface area contributed by atoms with Gasteiger partial charge in [0.15, 0.2) is 6.10 Å². The van der Waals surface area contributed by atoms with Crippen LogP contribution in [0.25, 0.3) is 0 Å². The van der Waals surface area contributed by atoms with Gasteiger partial charge >= 0.3 is 5.97 Å². The Labute approximate surface area is 149 Å². The van der Waals surface area contributed by atoms with E-state index in [0.29, 0.717) is 27.0 Å². The molecule has 126 valence electrons. The van der Waals surface area contributed by atoms with Crippen LogP contribution in [0.3, 0.4) is 0 Å². The van der Waals surface area contributed by atoms with Gasteiger partial charge in [-0.15, -0.1) is 0 Å².